The van der Waals surface area contributed by atoms with E-state index in [1.54, 1.807) is 0 Å². The van der Waals surface area contributed by atoms with Crippen molar-refractivity contribution in [2.75, 3.05) is 0 Å². The van der Waals surface area contributed by atoms with Gasteiger partial charge >= 0.3 is 11.9 Å². The second kappa shape index (κ2) is 10.4. The molecule has 0 heterocycles. The molecule has 0 aliphatic heterocycles. The highest BCUT2D eigenvalue weighted by Crippen LogP contribution is 2.11. The van der Waals surface area contributed by atoms with Gasteiger partial charge in [0.2, 0.25) is 0 Å². The fourth-order valence-corrected chi connectivity index (χ4v) is 6.33. The Morgan fingerprint density at radius 1 is 1.00 bits per heavy atom. The Morgan fingerprint density at radius 3 is 2.00 bits per heavy atom. The van der Waals surface area contributed by atoms with Gasteiger partial charge in [-0.25, -0.2) is 9.59 Å². The van der Waals surface area contributed by atoms with Gasteiger partial charge in [-0.3, -0.25) is 0 Å². The van der Waals surface area contributed by atoms with Gasteiger partial charge in [-0.05, 0) is 6.42 Å². The topological polar surface area (TPSA) is 63.6 Å². The van der Waals surface area contributed by atoms with E-state index in [1.807, 2.05) is 36.4 Å². The molecule has 5 heteroatoms. The molecule has 2 rings (SSSR count). The summed E-state index contributed by atoms with van der Waals surface area (Å²) in [4.78, 5) is 22.8. The summed E-state index contributed by atoms with van der Waals surface area (Å²) in [5, 5.41) is 11.1. The molecule has 0 amide bonds. The van der Waals surface area contributed by atoms with Crippen molar-refractivity contribution in [1.82, 2.24) is 0 Å². The highest BCUT2D eigenvalue weighted by molar-refractivity contribution is 6.86. The van der Waals surface area contributed by atoms with Crippen LogP contribution in [-0.4, -0.2) is 31.6 Å². The third kappa shape index (κ3) is 6.00. The number of unbranched alkanes of at least 4 members (excludes halogenated alkanes) is 1. The summed E-state index contributed by atoms with van der Waals surface area (Å²) in [7, 11) is -1.83. The number of benzene rings is 2. The summed E-state index contributed by atoms with van der Waals surface area (Å²) in [5.41, 5.74) is -0.231. The van der Waals surface area contributed by atoms with Crippen LogP contribution in [-0.2, 0) is 14.3 Å². The van der Waals surface area contributed by atoms with Gasteiger partial charge in [0.05, 0.1) is 5.73 Å². The van der Waals surface area contributed by atoms with E-state index in [1.165, 1.54) is 10.4 Å². The monoisotopic (exact) mass is 368 g/mol. The molecule has 2 aromatic carbocycles. The minimum absolute atomic E-state index is 0.231. The number of carboxylic acids is 1. The predicted molar refractivity (Wildman–Crippen MR) is 105 cm³/mol. The van der Waals surface area contributed by atoms with Crippen LogP contribution in [0, 0.1) is 0 Å². The smallest absolute Gasteiger partial charge is 0.330 e. The van der Waals surface area contributed by atoms with Gasteiger partial charge in [0, 0.05) is 12.2 Å². The van der Waals surface area contributed by atoms with Crippen LogP contribution in [0.4, 0.5) is 0 Å². The summed E-state index contributed by atoms with van der Waals surface area (Å²) in [5.74, 6) is -1.76. The molecule has 0 aliphatic rings. The number of aliphatic carboxylic acids is 1. The third-order valence-corrected chi connectivity index (χ3v) is 7.58. The number of carbonyl (C=O) groups is 2. The van der Waals surface area contributed by atoms with Crippen LogP contribution in [0.1, 0.15) is 26.2 Å². The number of carboxylic acid groups (broad SMARTS) is 1. The molecule has 0 fully saturated rings. The minimum Gasteiger partial charge on any atom is -0.478 e. The first kappa shape index (κ1) is 19.7. The van der Waals surface area contributed by atoms with Crippen LogP contribution in [0.5, 0.6) is 0 Å². The van der Waals surface area contributed by atoms with Gasteiger partial charge in [0.1, 0.15) is 8.80 Å². The van der Waals surface area contributed by atoms with E-state index < -0.39 is 20.7 Å². The molecule has 0 bridgehead atoms. The molecule has 26 heavy (non-hydrogen) atoms. The van der Waals surface area contributed by atoms with Crippen molar-refractivity contribution in [3.8, 4) is 0 Å². The second-order valence-electron chi connectivity index (χ2n) is 6.09. The van der Waals surface area contributed by atoms with Crippen LogP contribution >= 0.6 is 0 Å². The molecule has 0 spiro atoms. The second-order valence-corrected chi connectivity index (χ2v) is 9.12. The summed E-state index contributed by atoms with van der Waals surface area (Å²) in [6.07, 6.45) is 4.53. The van der Waals surface area contributed by atoms with E-state index in [-0.39, 0.29) is 5.73 Å². The van der Waals surface area contributed by atoms with E-state index in [0.29, 0.717) is 0 Å². The Morgan fingerprint density at radius 2 is 1.54 bits per heavy atom. The zero-order valence-electron chi connectivity index (χ0n) is 14.9. The van der Waals surface area contributed by atoms with Crippen molar-refractivity contribution in [2.24, 2.45) is 0 Å². The number of esters is 1. The predicted octanol–water partition coefficient (Wildman–Crippen LogP) is 2.31. The van der Waals surface area contributed by atoms with Crippen molar-refractivity contribution in [3.63, 3.8) is 0 Å². The van der Waals surface area contributed by atoms with E-state index in [0.717, 1.165) is 31.4 Å². The van der Waals surface area contributed by atoms with Gasteiger partial charge in [-0.1, -0.05) is 90.8 Å². The van der Waals surface area contributed by atoms with Crippen molar-refractivity contribution in [3.05, 3.63) is 72.8 Å². The maximum atomic E-state index is 12.1. The number of hydrogen-bond donors (Lipinski definition) is 1. The molecule has 4 nitrogen and oxygen atoms in total. The van der Waals surface area contributed by atoms with E-state index in [9.17, 15) is 9.59 Å². The molecule has 136 valence electrons. The number of ether oxygens (including phenoxy) is 1. The van der Waals surface area contributed by atoms with Crippen LogP contribution in [0.15, 0.2) is 72.8 Å². The summed E-state index contributed by atoms with van der Waals surface area (Å²) in [6.45, 7) is 2.10. The average molecular weight is 369 g/mol. The van der Waals surface area contributed by atoms with Gasteiger partial charge in [0.15, 0.2) is 0 Å². The maximum absolute atomic E-state index is 12.1. The molecule has 1 N–H and O–H groups in total. The van der Waals surface area contributed by atoms with Gasteiger partial charge in [-0.2, -0.15) is 0 Å². The van der Waals surface area contributed by atoms with Gasteiger partial charge in [-0.15, -0.1) is 0 Å². The number of carbonyl (C=O) groups excluding carboxylic acids is 1. The number of rotatable bonds is 9. The molecule has 0 aliphatic carbocycles. The maximum Gasteiger partial charge on any atom is 0.330 e. The zero-order chi connectivity index (χ0) is 18.8. The van der Waals surface area contributed by atoms with Crippen molar-refractivity contribution in [2.45, 2.75) is 31.9 Å². The fraction of sp³-hybridized carbons (Fsp3) is 0.238. The van der Waals surface area contributed by atoms with E-state index in [4.69, 9.17) is 9.84 Å². The molecule has 1 atom stereocenters. The molecule has 1 unspecified atom stereocenters. The largest absolute Gasteiger partial charge is 0.478 e. The third-order valence-electron chi connectivity index (χ3n) is 4.16. The minimum atomic E-state index is -1.83. The first-order valence-corrected chi connectivity index (χ1v) is 10.7. The fourth-order valence-electron chi connectivity index (χ4n) is 2.97. The summed E-state index contributed by atoms with van der Waals surface area (Å²) >= 11 is 0. The highest BCUT2D eigenvalue weighted by Gasteiger charge is 2.29. The molecule has 0 saturated carbocycles. The van der Waals surface area contributed by atoms with Crippen molar-refractivity contribution >= 4 is 31.1 Å². The lowest BCUT2D eigenvalue weighted by atomic mass is 10.3. The molecule has 2 aromatic rings. The normalized spacial score (nSPS) is 12.2. The Bertz CT molecular complexity index is 689. The molecular formula is C21H24O4Si. The molecule has 0 saturated heterocycles. The molecular weight excluding hydrogens is 344 g/mol. The lowest BCUT2D eigenvalue weighted by Crippen LogP contribution is -2.53. The molecule has 0 radical (unpaired) electrons. The quantitative estimate of drug-likeness (QED) is 0.419. The van der Waals surface area contributed by atoms with Crippen LogP contribution in [0.2, 0.25) is 0 Å². The van der Waals surface area contributed by atoms with Gasteiger partial charge < -0.3 is 9.84 Å². The molecule has 0 aromatic heterocycles. The first-order valence-electron chi connectivity index (χ1n) is 8.83. The van der Waals surface area contributed by atoms with Crippen LogP contribution < -0.4 is 10.4 Å². The number of hydrogen-bond acceptors (Lipinski definition) is 3. The van der Waals surface area contributed by atoms with Gasteiger partial charge in [0.25, 0.3) is 0 Å². The first-order chi connectivity index (χ1) is 12.6. The van der Waals surface area contributed by atoms with E-state index >= 15 is 0 Å². The van der Waals surface area contributed by atoms with Crippen molar-refractivity contribution in [1.29, 1.82) is 0 Å². The SMILES string of the molecule is CCCCC(OC(=O)/C=C/C(=O)O)[SiH](c1ccccc1)c1ccccc1. The van der Waals surface area contributed by atoms with E-state index in [2.05, 4.69) is 31.2 Å². The Hall–Kier alpha value is -2.66. The zero-order valence-corrected chi connectivity index (χ0v) is 16.0. The summed E-state index contributed by atoms with van der Waals surface area (Å²) < 4.78 is 5.75. The Kier molecular flexibility index (Phi) is 7.83. The Labute approximate surface area is 155 Å². The highest BCUT2D eigenvalue weighted by atomic mass is 28.3. The summed E-state index contributed by atoms with van der Waals surface area (Å²) in [6, 6.07) is 20.3. The van der Waals surface area contributed by atoms with Crippen LogP contribution in [0.3, 0.4) is 0 Å². The lowest BCUT2D eigenvalue weighted by molar-refractivity contribution is -0.140. The average Bonchev–Trinajstić information content (AvgIpc) is 2.66. The van der Waals surface area contributed by atoms with Crippen molar-refractivity contribution < 1.29 is 19.4 Å². The van der Waals surface area contributed by atoms with Crippen LogP contribution in [0.25, 0.3) is 0 Å². The Balaban J connectivity index is 2.35. The standard InChI is InChI=1S/C21H24O4Si/c1-2-3-14-21(25-20(24)16-15-19(22)23)26(17-10-6-4-7-11-17)18-12-8-5-9-13-18/h4-13,15-16,21,26H,2-3,14H2,1H3,(H,22,23)/b16-15+. The lowest BCUT2D eigenvalue weighted by Gasteiger charge is -2.26.